The first-order valence-electron chi connectivity index (χ1n) is 7.66. The van der Waals surface area contributed by atoms with Crippen LogP contribution in [0.5, 0.6) is 0 Å². The minimum absolute atomic E-state index is 0.170. The number of anilines is 1. The SMILES string of the molecule is Cc1cc(-c2ccc(=O)[nH]n2)ccc1N1CCCCCC1. The summed E-state index contributed by atoms with van der Waals surface area (Å²) in [7, 11) is 0. The molecule has 0 radical (unpaired) electrons. The van der Waals surface area contributed by atoms with Crippen molar-refractivity contribution in [1.29, 1.82) is 0 Å². The molecule has 0 bridgehead atoms. The molecular formula is C17H21N3O. The van der Waals surface area contributed by atoms with Crippen molar-refractivity contribution in [2.45, 2.75) is 32.6 Å². The van der Waals surface area contributed by atoms with Crippen LogP contribution in [0.1, 0.15) is 31.2 Å². The summed E-state index contributed by atoms with van der Waals surface area (Å²) in [5, 5.41) is 6.58. The first-order valence-corrected chi connectivity index (χ1v) is 7.66. The van der Waals surface area contributed by atoms with Crippen molar-refractivity contribution in [2.24, 2.45) is 0 Å². The average molecular weight is 283 g/mol. The first-order chi connectivity index (χ1) is 10.2. The molecule has 1 aromatic carbocycles. The van der Waals surface area contributed by atoms with E-state index in [-0.39, 0.29) is 5.56 Å². The van der Waals surface area contributed by atoms with Crippen molar-refractivity contribution >= 4 is 5.69 Å². The van der Waals surface area contributed by atoms with E-state index in [0.717, 1.165) is 24.3 Å². The van der Waals surface area contributed by atoms with Gasteiger partial charge in [-0.2, -0.15) is 5.10 Å². The molecule has 2 aromatic rings. The Morgan fingerprint density at radius 3 is 2.43 bits per heavy atom. The molecule has 21 heavy (non-hydrogen) atoms. The summed E-state index contributed by atoms with van der Waals surface area (Å²) < 4.78 is 0. The van der Waals surface area contributed by atoms with Gasteiger partial charge in [0, 0.05) is 30.4 Å². The van der Waals surface area contributed by atoms with Crippen molar-refractivity contribution in [3.63, 3.8) is 0 Å². The third-order valence-corrected chi connectivity index (χ3v) is 4.12. The Balaban J connectivity index is 1.88. The lowest BCUT2D eigenvalue weighted by Gasteiger charge is -2.25. The number of aromatic nitrogens is 2. The van der Waals surface area contributed by atoms with Crippen molar-refractivity contribution in [3.8, 4) is 11.3 Å². The van der Waals surface area contributed by atoms with Gasteiger partial charge in [0.25, 0.3) is 5.56 Å². The Morgan fingerprint density at radius 2 is 1.81 bits per heavy atom. The minimum atomic E-state index is -0.170. The molecule has 3 rings (SSSR count). The highest BCUT2D eigenvalue weighted by molar-refractivity contribution is 5.66. The van der Waals surface area contributed by atoms with Crippen molar-refractivity contribution in [1.82, 2.24) is 10.2 Å². The Bertz CT molecular complexity index is 649. The quantitative estimate of drug-likeness (QED) is 0.921. The fourth-order valence-electron chi connectivity index (χ4n) is 2.99. The van der Waals surface area contributed by atoms with Gasteiger partial charge in [0.05, 0.1) is 5.69 Å². The van der Waals surface area contributed by atoms with Crippen LogP contribution in [0.2, 0.25) is 0 Å². The zero-order valence-corrected chi connectivity index (χ0v) is 12.4. The molecular weight excluding hydrogens is 262 g/mol. The molecule has 110 valence electrons. The zero-order valence-electron chi connectivity index (χ0n) is 12.4. The molecule has 0 atom stereocenters. The summed E-state index contributed by atoms with van der Waals surface area (Å²) in [5.74, 6) is 0. The maximum Gasteiger partial charge on any atom is 0.264 e. The van der Waals surface area contributed by atoms with Crippen LogP contribution in [-0.2, 0) is 0 Å². The molecule has 0 unspecified atom stereocenters. The molecule has 1 saturated heterocycles. The molecule has 1 aliphatic heterocycles. The summed E-state index contributed by atoms with van der Waals surface area (Å²) in [4.78, 5) is 13.6. The van der Waals surface area contributed by atoms with E-state index in [9.17, 15) is 4.79 Å². The van der Waals surface area contributed by atoms with Crippen LogP contribution >= 0.6 is 0 Å². The molecule has 1 fully saturated rings. The van der Waals surface area contributed by atoms with E-state index < -0.39 is 0 Å². The van der Waals surface area contributed by atoms with Gasteiger partial charge in [0.2, 0.25) is 0 Å². The third kappa shape index (κ3) is 3.15. The second kappa shape index (κ2) is 6.12. The minimum Gasteiger partial charge on any atom is -0.371 e. The molecule has 0 amide bonds. The van der Waals surface area contributed by atoms with Crippen molar-refractivity contribution < 1.29 is 0 Å². The molecule has 1 N–H and O–H groups in total. The maximum atomic E-state index is 11.1. The monoisotopic (exact) mass is 283 g/mol. The Kier molecular flexibility index (Phi) is 4.04. The van der Waals surface area contributed by atoms with Crippen LogP contribution in [0, 0.1) is 6.92 Å². The van der Waals surface area contributed by atoms with Crippen LogP contribution in [0.15, 0.2) is 35.1 Å². The van der Waals surface area contributed by atoms with E-state index >= 15 is 0 Å². The van der Waals surface area contributed by atoms with Crippen LogP contribution < -0.4 is 10.5 Å². The second-order valence-electron chi connectivity index (χ2n) is 5.71. The number of nitrogens with zero attached hydrogens (tertiary/aromatic N) is 2. The third-order valence-electron chi connectivity index (χ3n) is 4.12. The van der Waals surface area contributed by atoms with Gasteiger partial charge in [-0.3, -0.25) is 4.79 Å². The lowest BCUT2D eigenvalue weighted by atomic mass is 10.1. The summed E-state index contributed by atoms with van der Waals surface area (Å²) in [6.45, 7) is 4.45. The highest BCUT2D eigenvalue weighted by Crippen LogP contribution is 2.27. The van der Waals surface area contributed by atoms with Gasteiger partial charge in [-0.15, -0.1) is 0 Å². The molecule has 1 aromatic heterocycles. The molecule has 0 saturated carbocycles. The Morgan fingerprint density at radius 1 is 1.05 bits per heavy atom. The van der Waals surface area contributed by atoms with Gasteiger partial charge in [0.15, 0.2) is 0 Å². The summed E-state index contributed by atoms with van der Waals surface area (Å²) >= 11 is 0. The fraction of sp³-hybridized carbons (Fsp3) is 0.412. The number of hydrogen-bond donors (Lipinski definition) is 1. The molecule has 4 heteroatoms. The van der Waals surface area contributed by atoms with E-state index in [2.05, 4.69) is 40.2 Å². The second-order valence-corrected chi connectivity index (χ2v) is 5.71. The van der Waals surface area contributed by atoms with Crippen LogP contribution in [0.25, 0.3) is 11.3 Å². The number of rotatable bonds is 2. The molecule has 0 aliphatic carbocycles. The van der Waals surface area contributed by atoms with E-state index in [4.69, 9.17) is 0 Å². The highest BCUT2D eigenvalue weighted by atomic mass is 16.1. The lowest BCUT2D eigenvalue weighted by molar-refractivity contribution is 0.726. The summed E-state index contributed by atoms with van der Waals surface area (Å²) in [6.07, 6.45) is 5.25. The van der Waals surface area contributed by atoms with E-state index in [1.807, 2.05) is 0 Å². The number of aromatic amines is 1. The van der Waals surface area contributed by atoms with Gasteiger partial charge in [-0.1, -0.05) is 18.9 Å². The highest BCUT2D eigenvalue weighted by Gasteiger charge is 2.12. The van der Waals surface area contributed by atoms with E-state index in [1.165, 1.54) is 43.0 Å². The fourth-order valence-corrected chi connectivity index (χ4v) is 2.99. The molecule has 0 spiro atoms. The number of H-pyrrole nitrogens is 1. The summed E-state index contributed by atoms with van der Waals surface area (Å²) in [5.41, 5.74) is 4.27. The maximum absolute atomic E-state index is 11.1. The Hall–Kier alpha value is -2.10. The van der Waals surface area contributed by atoms with E-state index in [0.29, 0.717) is 0 Å². The number of hydrogen-bond acceptors (Lipinski definition) is 3. The topological polar surface area (TPSA) is 49.0 Å². The standard InChI is InChI=1S/C17H21N3O/c1-13-12-14(15-7-9-17(21)19-18-15)6-8-16(13)20-10-4-2-3-5-11-20/h6-9,12H,2-5,10-11H2,1H3,(H,19,21). The van der Waals surface area contributed by atoms with Gasteiger partial charge in [0.1, 0.15) is 0 Å². The lowest BCUT2D eigenvalue weighted by Crippen LogP contribution is -2.24. The predicted octanol–water partition coefficient (Wildman–Crippen LogP) is 3.13. The van der Waals surface area contributed by atoms with Gasteiger partial charge in [-0.05, 0) is 43.5 Å². The van der Waals surface area contributed by atoms with Crippen LogP contribution in [-0.4, -0.2) is 23.3 Å². The van der Waals surface area contributed by atoms with Gasteiger partial charge in [-0.25, -0.2) is 5.10 Å². The largest absolute Gasteiger partial charge is 0.371 e. The first kappa shape index (κ1) is 13.9. The summed E-state index contributed by atoms with van der Waals surface area (Å²) in [6, 6.07) is 9.71. The van der Waals surface area contributed by atoms with Crippen LogP contribution in [0.3, 0.4) is 0 Å². The molecule has 1 aliphatic rings. The average Bonchev–Trinajstić information content (AvgIpc) is 2.77. The van der Waals surface area contributed by atoms with Crippen molar-refractivity contribution in [3.05, 3.63) is 46.2 Å². The predicted molar refractivity (Wildman–Crippen MR) is 85.7 cm³/mol. The molecule has 2 heterocycles. The number of aryl methyl sites for hydroxylation is 1. The normalized spacial score (nSPS) is 15.8. The van der Waals surface area contributed by atoms with Crippen LogP contribution in [0.4, 0.5) is 5.69 Å². The molecule has 4 nitrogen and oxygen atoms in total. The Labute approximate surface area is 124 Å². The van der Waals surface area contributed by atoms with E-state index in [1.54, 1.807) is 6.07 Å². The van der Waals surface area contributed by atoms with Crippen molar-refractivity contribution in [2.75, 3.05) is 18.0 Å². The zero-order chi connectivity index (χ0) is 14.7. The van der Waals surface area contributed by atoms with Gasteiger partial charge < -0.3 is 4.90 Å². The number of nitrogens with one attached hydrogen (secondary N) is 1. The van der Waals surface area contributed by atoms with Gasteiger partial charge >= 0.3 is 0 Å². The smallest absolute Gasteiger partial charge is 0.264 e. The number of benzene rings is 1.